The van der Waals surface area contributed by atoms with Gasteiger partial charge in [0.1, 0.15) is 5.69 Å². The van der Waals surface area contributed by atoms with Crippen LogP contribution in [0.25, 0.3) is 17.3 Å². The molecule has 0 saturated carbocycles. The largest absolute Gasteiger partial charge is 0.322 e. The fourth-order valence-corrected chi connectivity index (χ4v) is 3.43. The third kappa shape index (κ3) is 5.14. The molecular formula is C26H24N4O. The zero-order valence-electron chi connectivity index (χ0n) is 17.4. The minimum absolute atomic E-state index is 0.172. The highest BCUT2D eigenvalue weighted by Gasteiger charge is 2.11. The van der Waals surface area contributed by atoms with Gasteiger partial charge in [-0.3, -0.25) is 14.5 Å². The average Bonchev–Trinajstić information content (AvgIpc) is 3.22. The van der Waals surface area contributed by atoms with Crippen LogP contribution in [0.4, 0.5) is 5.69 Å². The molecule has 0 bridgehead atoms. The molecule has 1 N–H and O–H groups in total. The predicted octanol–water partition coefficient (Wildman–Crippen LogP) is 5.21. The number of hydrogen-bond acceptors (Lipinski definition) is 3. The first kappa shape index (κ1) is 20.3. The Morgan fingerprint density at radius 2 is 1.84 bits per heavy atom. The van der Waals surface area contributed by atoms with Gasteiger partial charge in [0.25, 0.3) is 0 Å². The smallest absolute Gasteiger partial charge is 0.248 e. The molecule has 31 heavy (non-hydrogen) atoms. The number of anilines is 1. The third-order valence-electron chi connectivity index (χ3n) is 4.98. The maximum atomic E-state index is 12.6. The minimum Gasteiger partial charge on any atom is -0.322 e. The monoisotopic (exact) mass is 408 g/mol. The number of para-hydroxylation sites is 1. The van der Waals surface area contributed by atoms with E-state index < -0.39 is 0 Å². The lowest BCUT2D eigenvalue weighted by Gasteiger charge is -2.07. The van der Waals surface area contributed by atoms with E-state index >= 15 is 0 Å². The number of aryl methyl sites for hydroxylation is 1. The molecule has 0 aliphatic heterocycles. The first-order valence-corrected chi connectivity index (χ1v) is 10.3. The van der Waals surface area contributed by atoms with Crippen molar-refractivity contribution in [1.82, 2.24) is 14.8 Å². The standard InChI is InChI=1S/C26H24N4O/c1-2-21-11-6-7-13-24(21)28-25(31)15-14-23-19-30(18-20-9-4-3-5-10-20)29-26(23)22-12-8-16-27-17-22/h3-17,19H,2,18H2,1H3,(H,28,31)/b15-14+. The van der Waals surface area contributed by atoms with E-state index in [4.69, 9.17) is 5.10 Å². The molecule has 0 spiro atoms. The van der Waals surface area contributed by atoms with E-state index in [1.165, 1.54) is 0 Å². The molecule has 4 rings (SSSR count). The van der Waals surface area contributed by atoms with Crippen molar-refractivity contribution in [3.8, 4) is 11.3 Å². The topological polar surface area (TPSA) is 59.8 Å². The Morgan fingerprint density at radius 3 is 2.61 bits per heavy atom. The summed E-state index contributed by atoms with van der Waals surface area (Å²) in [7, 11) is 0. The number of carbonyl (C=O) groups excluding carboxylic acids is 1. The van der Waals surface area contributed by atoms with Gasteiger partial charge >= 0.3 is 0 Å². The van der Waals surface area contributed by atoms with Crippen LogP contribution < -0.4 is 5.32 Å². The molecule has 154 valence electrons. The molecule has 5 nitrogen and oxygen atoms in total. The van der Waals surface area contributed by atoms with Crippen molar-refractivity contribution in [2.24, 2.45) is 0 Å². The molecule has 0 fully saturated rings. The van der Waals surface area contributed by atoms with Gasteiger partial charge in [0.05, 0.1) is 6.54 Å². The molecule has 4 aromatic rings. The van der Waals surface area contributed by atoms with E-state index in [-0.39, 0.29) is 5.91 Å². The van der Waals surface area contributed by atoms with Crippen molar-refractivity contribution in [3.63, 3.8) is 0 Å². The zero-order valence-corrected chi connectivity index (χ0v) is 17.4. The van der Waals surface area contributed by atoms with Gasteiger partial charge in [0.2, 0.25) is 5.91 Å². The first-order valence-electron chi connectivity index (χ1n) is 10.3. The Labute approximate surface area is 182 Å². The van der Waals surface area contributed by atoms with E-state index in [9.17, 15) is 4.79 Å². The first-order chi connectivity index (χ1) is 15.2. The summed E-state index contributed by atoms with van der Waals surface area (Å²) in [6, 6.07) is 21.9. The molecule has 0 atom stereocenters. The maximum absolute atomic E-state index is 12.6. The summed E-state index contributed by atoms with van der Waals surface area (Å²) in [6.07, 6.45) is 9.69. The summed E-state index contributed by atoms with van der Waals surface area (Å²) in [6.45, 7) is 2.72. The number of carbonyl (C=O) groups is 1. The van der Waals surface area contributed by atoms with Gasteiger partial charge in [-0.1, -0.05) is 55.5 Å². The van der Waals surface area contributed by atoms with Gasteiger partial charge in [-0.05, 0) is 41.8 Å². The molecule has 0 radical (unpaired) electrons. The Balaban J connectivity index is 1.59. The summed E-state index contributed by atoms with van der Waals surface area (Å²) in [4.78, 5) is 16.8. The van der Waals surface area contributed by atoms with Gasteiger partial charge < -0.3 is 5.32 Å². The lowest BCUT2D eigenvalue weighted by molar-refractivity contribution is -0.111. The summed E-state index contributed by atoms with van der Waals surface area (Å²) in [5.74, 6) is -0.172. The van der Waals surface area contributed by atoms with Crippen molar-refractivity contribution in [1.29, 1.82) is 0 Å². The van der Waals surface area contributed by atoms with Crippen LogP contribution in [0, 0.1) is 0 Å². The number of nitrogens with zero attached hydrogens (tertiary/aromatic N) is 3. The van der Waals surface area contributed by atoms with E-state index in [0.717, 1.165) is 40.1 Å². The predicted molar refractivity (Wildman–Crippen MR) is 124 cm³/mol. The second-order valence-corrected chi connectivity index (χ2v) is 7.19. The van der Waals surface area contributed by atoms with Crippen LogP contribution in [0.5, 0.6) is 0 Å². The molecule has 2 aromatic heterocycles. The Hall–Kier alpha value is -3.99. The van der Waals surface area contributed by atoms with Crippen LogP contribution in [0.2, 0.25) is 0 Å². The fourth-order valence-electron chi connectivity index (χ4n) is 3.43. The zero-order chi connectivity index (χ0) is 21.5. The summed E-state index contributed by atoms with van der Waals surface area (Å²) in [5.41, 5.74) is 5.67. The molecule has 1 amide bonds. The normalized spacial score (nSPS) is 11.0. The van der Waals surface area contributed by atoms with Crippen molar-refractivity contribution < 1.29 is 4.79 Å². The van der Waals surface area contributed by atoms with Crippen LogP contribution >= 0.6 is 0 Å². The maximum Gasteiger partial charge on any atom is 0.248 e. The minimum atomic E-state index is -0.172. The van der Waals surface area contributed by atoms with Gasteiger partial charge in [-0.15, -0.1) is 0 Å². The molecular weight excluding hydrogens is 384 g/mol. The number of nitrogens with one attached hydrogen (secondary N) is 1. The number of hydrogen-bond donors (Lipinski definition) is 1. The SMILES string of the molecule is CCc1ccccc1NC(=O)/C=C/c1cn(Cc2ccccc2)nc1-c1cccnc1. The van der Waals surface area contributed by atoms with Crippen molar-refractivity contribution >= 4 is 17.7 Å². The molecule has 2 aromatic carbocycles. The van der Waals surface area contributed by atoms with Crippen molar-refractivity contribution in [2.45, 2.75) is 19.9 Å². The van der Waals surface area contributed by atoms with Crippen LogP contribution in [-0.2, 0) is 17.8 Å². The van der Waals surface area contributed by atoms with Crippen LogP contribution in [0.3, 0.4) is 0 Å². The number of pyridine rings is 1. The molecule has 0 saturated heterocycles. The number of rotatable bonds is 7. The van der Waals surface area contributed by atoms with Gasteiger partial charge in [0.15, 0.2) is 0 Å². The molecule has 2 heterocycles. The molecule has 0 aliphatic carbocycles. The van der Waals surface area contributed by atoms with Gasteiger partial charge in [-0.2, -0.15) is 5.10 Å². The van der Waals surface area contributed by atoms with Crippen LogP contribution in [0.15, 0.2) is 91.4 Å². The van der Waals surface area contributed by atoms with Crippen molar-refractivity contribution in [2.75, 3.05) is 5.32 Å². The summed E-state index contributed by atoms with van der Waals surface area (Å²) < 4.78 is 1.89. The van der Waals surface area contributed by atoms with E-state index in [1.54, 1.807) is 24.5 Å². The highest BCUT2D eigenvalue weighted by atomic mass is 16.1. The lowest BCUT2D eigenvalue weighted by Crippen LogP contribution is -2.09. The fraction of sp³-hybridized carbons (Fsp3) is 0.115. The van der Waals surface area contributed by atoms with Gasteiger partial charge in [-0.25, -0.2) is 0 Å². The Bertz CT molecular complexity index is 1180. The Kier molecular flexibility index (Phi) is 6.33. The van der Waals surface area contributed by atoms with E-state index in [0.29, 0.717) is 6.54 Å². The average molecular weight is 409 g/mol. The number of amides is 1. The van der Waals surface area contributed by atoms with Crippen LogP contribution in [0.1, 0.15) is 23.6 Å². The second-order valence-electron chi connectivity index (χ2n) is 7.19. The number of aromatic nitrogens is 3. The summed E-state index contributed by atoms with van der Waals surface area (Å²) >= 11 is 0. The summed E-state index contributed by atoms with van der Waals surface area (Å²) in [5, 5.41) is 7.73. The molecule has 0 unspecified atom stereocenters. The van der Waals surface area contributed by atoms with E-state index in [2.05, 4.69) is 29.4 Å². The third-order valence-corrected chi connectivity index (χ3v) is 4.98. The highest BCUT2D eigenvalue weighted by molar-refractivity contribution is 6.02. The van der Waals surface area contributed by atoms with Crippen LogP contribution in [-0.4, -0.2) is 20.7 Å². The lowest BCUT2D eigenvalue weighted by atomic mass is 10.1. The highest BCUT2D eigenvalue weighted by Crippen LogP contribution is 2.23. The van der Waals surface area contributed by atoms with Gasteiger partial charge in [0, 0.05) is 41.5 Å². The Morgan fingerprint density at radius 1 is 1.03 bits per heavy atom. The molecule has 0 aliphatic rings. The van der Waals surface area contributed by atoms with Crippen molar-refractivity contribution in [3.05, 3.63) is 108 Å². The number of benzene rings is 2. The quantitative estimate of drug-likeness (QED) is 0.427. The van der Waals surface area contributed by atoms with E-state index in [1.807, 2.05) is 65.5 Å². The second kappa shape index (κ2) is 9.67. The molecule has 5 heteroatoms.